The van der Waals surface area contributed by atoms with Crippen molar-refractivity contribution in [3.05, 3.63) is 87.4 Å². The van der Waals surface area contributed by atoms with Crippen LogP contribution < -0.4 is 5.32 Å². The Labute approximate surface area is 153 Å². The van der Waals surface area contributed by atoms with Gasteiger partial charge in [0.1, 0.15) is 0 Å². The molecule has 1 N–H and O–H groups in total. The molecule has 0 aliphatic carbocycles. The van der Waals surface area contributed by atoms with E-state index in [1.807, 2.05) is 30.3 Å². The van der Waals surface area contributed by atoms with Gasteiger partial charge in [0.2, 0.25) is 5.78 Å². The molecule has 3 rings (SSSR count). The number of amides is 1. The van der Waals surface area contributed by atoms with Gasteiger partial charge < -0.3 is 5.32 Å². The summed E-state index contributed by atoms with van der Waals surface area (Å²) in [5, 5.41) is 2.90. The summed E-state index contributed by atoms with van der Waals surface area (Å²) in [6, 6.07) is 16.9. The number of aromatic nitrogens is 1. The van der Waals surface area contributed by atoms with Crippen molar-refractivity contribution in [3.8, 4) is 0 Å². The summed E-state index contributed by atoms with van der Waals surface area (Å²) in [5.74, 6) is -0.248. The van der Waals surface area contributed by atoms with Crippen molar-refractivity contribution in [1.82, 2.24) is 10.3 Å². The molecule has 1 amide bonds. The number of carbonyl (C=O) groups is 2. The zero-order valence-corrected chi connectivity index (χ0v) is 14.7. The smallest absolute Gasteiger partial charge is 0.261 e. The molecule has 1 aromatic carbocycles. The maximum absolute atomic E-state index is 12.5. The molecule has 0 atom stereocenters. The maximum atomic E-state index is 12.5. The zero-order valence-electron chi connectivity index (χ0n) is 13.9. The number of nitrogens with one attached hydrogen (secondary N) is 1. The van der Waals surface area contributed by atoms with Gasteiger partial charge in [0.05, 0.1) is 9.75 Å². The van der Waals surface area contributed by atoms with Crippen LogP contribution in [0.1, 0.15) is 39.0 Å². The van der Waals surface area contributed by atoms with E-state index in [0.717, 1.165) is 6.42 Å². The van der Waals surface area contributed by atoms with E-state index in [0.29, 0.717) is 27.6 Å². The van der Waals surface area contributed by atoms with Gasteiger partial charge in [-0.1, -0.05) is 30.3 Å². The average Bonchev–Trinajstić information content (AvgIpc) is 3.13. The molecule has 130 valence electrons. The van der Waals surface area contributed by atoms with Crippen LogP contribution in [0.15, 0.2) is 60.8 Å². The lowest BCUT2D eigenvalue weighted by molar-refractivity contribution is 0.0957. The van der Waals surface area contributed by atoms with E-state index in [2.05, 4.69) is 10.3 Å². The minimum atomic E-state index is -0.150. The van der Waals surface area contributed by atoms with Crippen LogP contribution >= 0.6 is 11.3 Å². The van der Waals surface area contributed by atoms with Gasteiger partial charge in [0.25, 0.3) is 5.91 Å². The van der Waals surface area contributed by atoms with E-state index in [-0.39, 0.29) is 14.5 Å². The number of thiophene rings is 1. The normalized spacial score (nSPS) is 10.4. The van der Waals surface area contributed by atoms with Crippen molar-refractivity contribution in [2.75, 3.05) is 6.54 Å². The van der Waals surface area contributed by atoms with Crippen LogP contribution in [-0.4, -0.2) is 23.2 Å². The number of aryl methyl sites for hydroxylation is 1. The van der Waals surface area contributed by atoms with Gasteiger partial charge in [-0.05, 0) is 43.2 Å². The van der Waals surface area contributed by atoms with E-state index >= 15 is 0 Å². The molecular formula is C20H22N2O2S. The Kier molecular flexibility index (Phi) is 5.36. The standard InChI is InChI=1S/C20H18N2O2S.2H2/c1-14-16(8-5-12-21-14)19(23)17-9-10-18(25-17)20(24)22-13-11-15-6-3-2-4-7-15;;/h2-10,12H,11,13H2,1H3,(H,22,24);2*1H. The first kappa shape index (κ1) is 17.0. The molecule has 3 aromatic rings. The molecule has 5 heteroatoms. The summed E-state index contributed by atoms with van der Waals surface area (Å²) in [6.45, 7) is 2.36. The summed E-state index contributed by atoms with van der Waals surface area (Å²) in [5.41, 5.74) is 2.44. The fraction of sp³-hybridized carbons (Fsp3) is 0.150. The van der Waals surface area contributed by atoms with Gasteiger partial charge in [0.15, 0.2) is 0 Å². The SMILES string of the molecule is Cc1ncccc1C(=O)c1ccc(C(=O)NCCc2ccccc2)s1.[HH].[HH]. The van der Waals surface area contributed by atoms with Crippen molar-refractivity contribution in [2.24, 2.45) is 0 Å². The molecule has 0 fully saturated rings. The first-order chi connectivity index (χ1) is 12.1. The highest BCUT2D eigenvalue weighted by Gasteiger charge is 2.16. The summed E-state index contributed by atoms with van der Waals surface area (Å²) in [6.07, 6.45) is 2.44. The number of nitrogens with zero attached hydrogens (tertiary/aromatic N) is 1. The summed E-state index contributed by atoms with van der Waals surface area (Å²) < 4.78 is 0. The number of hydrogen-bond donors (Lipinski definition) is 1. The summed E-state index contributed by atoms with van der Waals surface area (Å²) >= 11 is 1.21. The molecule has 0 aliphatic heterocycles. The van der Waals surface area contributed by atoms with Crippen molar-refractivity contribution in [3.63, 3.8) is 0 Å². The van der Waals surface area contributed by atoms with Crippen LogP contribution in [0, 0.1) is 6.92 Å². The van der Waals surface area contributed by atoms with Crippen molar-refractivity contribution >= 4 is 23.0 Å². The van der Waals surface area contributed by atoms with Crippen molar-refractivity contribution in [1.29, 1.82) is 0 Å². The van der Waals surface area contributed by atoms with Crippen LogP contribution in [0.3, 0.4) is 0 Å². The first-order valence-electron chi connectivity index (χ1n) is 8.03. The molecule has 0 saturated heterocycles. The predicted molar refractivity (Wildman–Crippen MR) is 103 cm³/mol. The maximum Gasteiger partial charge on any atom is 0.261 e. The molecule has 0 spiro atoms. The van der Waals surface area contributed by atoms with E-state index in [1.165, 1.54) is 16.9 Å². The van der Waals surface area contributed by atoms with Gasteiger partial charge in [-0.15, -0.1) is 11.3 Å². The number of hydrogen-bond acceptors (Lipinski definition) is 4. The fourth-order valence-corrected chi connectivity index (χ4v) is 3.37. The molecule has 0 radical (unpaired) electrons. The molecule has 0 saturated carbocycles. The van der Waals surface area contributed by atoms with Gasteiger partial charge in [-0.2, -0.15) is 0 Å². The Hall–Kier alpha value is -2.79. The zero-order chi connectivity index (χ0) is 17.6. The van der Waals surface area contributed by atoms with Crippen molar-refractivity contribution < 1.29 is 12.4 Å². The highest BCUT2D eigenvalue weighted by Crippen LogP contribution is 2.21. The Morgan fingerprint density at radius 1 is 1.04 bits per heavy atom. The van der Waals surface area contributed by atoms with Crippen LogP contribution in [0.4, 0.5) is 0 Å². The number of benzene rings is 1. The van der Waals surface area contributed by atoms with Crippen LogP contribution in [0.2, 0.25) is 0 Å². The quantitative estimate of drug-likeness (QED) is 0.677. The van der Waals surface area contributed by atoms with E-state index < -0.39 is 0 Å². The van der Waals surface area contributed by atoms with Gasteiger partial charge in [0, 0.05) is 26.9 Å². The van der Waals surface area contributed by atoms with E-state index in [4.69, 9.17) is 0 Å². The van der Waals surface area contributed by atoms with Gasteiger partial charge in [-0.3, -0.25) is 14.6 Å². The molecular weight excluding hydrogens is 332 g/mol. The largest absolute Gasteiger partial charge is 0.351 e. The summed E-state index contributed by atoms with van der Waals surface area (Å²) in [7, 11) is 0. The Balaban J connectivity index is 0.00000182. The molecule has 0 aliphatic rings. The molecule has 0 bridgehead atoms. The van der Waals surface area contributed by atoms with Crippen molar-refractivity contribution in [2.45, 2.75) is 13.3 Å². The monoisotopic (exact) mass is 354 g/mol. The topological polar surface area (TPSA) is 59.1 Å². The predicted octanol–water partition coefficient (Wildman–Crippen LogP) is 4.15. The van der Waals surface area contributed by atoms with Crippen LogP contribution in [-0.2, 0) is 6.42 Å². The number of rotatable bonds is 6. The van der Waals surface area contributed by atoms with Crippen LogP contribution in [0.25, 0.3) is 0 Å². The molecule has 25 heavy (non-hydrogen) atoms. The second kappa shape index (κ2) is 7.85. The number of carbonyl (C=O) groups excluding carboxylic acids is 2. The second-order valence-corrected chi connectivity index (χ2v) is 6.70. The third kappa shape index (κ3) is 4.19. The minimum Gasteiger partial charge on any atom is -0.351 e. The number of pyridine rings is 1. The van der Waals surface area contributed by atoms with Crippen LogP contribution in [0.5, 0.6) is 0 Å². The Morgan fingerprint density at radius 3 is 2.56 bits per heavy atom. The third-order valence-electron chi connectivity index (χ3n) is 3.85. The fourth-order valence-electron chi connectivity index (χ4n) is 2.49. The Bertz CT molecular complexity index is 898. The lowest BCUT2D eigenvalue weighted by atomic mass is 10.1. The first-order valence-corrected chi connectivity index (χ1v) is 8.85. The average molecular weight is 354 g/mol. The minimum absolute atomic E-state index is 0. The van der Waals surface area contributed by atoms with Gasteiger partial charge in [-0.25, -0.2) is 0 Å². The number of ketones is 1. The highest BCUT2D eigenvalue weighted by atomic mass is 32.1. The lowest BCUT2D eigenvalue weighted by Gasteiger charge is -2.04. The molecule has 4 nitrogen and oxygen atoms in total. The molecule has 2 heterocycles. The lowest BCUT2D eigenvalue weighted by Crippen LogP contribution is -2.24. The van der Waals surface area contributed by atoms with Gasteiger partial charge >= 0.3 is 0 Å². The third-order valence-corrected chi connectivity index (χ3v) is 4.93. The molecule has 0 unspecified atom stereocenters. The highest BCUT2D eigenvalue weighted by molar-refractivity contribution is 7.16. The summed E-state index contributed by atoms with van der Waals surface area (Å²) in [4.78, 5) is 30.0. The Morgan fingerprint density at radius 2 is 1.80 bits per heavy atom. The molecule has 2 aromatic heterocycles. The van der Waals surface area contributed by atoms with E-state index in [1.54, 1.807) is 37.4 Å². The second-order valence-electron chi connectivity index (χ2n) is 5.62. The van der Waals surface area contributed by atoms with E-state index in [9.17, 15) is 9.59 Å².